The molecule has 0 spiro atoms. The lowest BCUT2D eigenvalue weighted by atomic mass is 9.92. The molecule has 2 aromatic carbocycles. The Kier molecular flexibility index (Phi) is 24.8. The normalized spacial score (nSPS) is 13.6. The summed E-state index contributed by atoms with van der Waals surface area (Å²) in [7, 11) is 2.57. The molecule has 0 saturated carbocycles. The van der Waals surface area contributed by atoms with Crippen LogP contribution in [0.4, 0.5) is 33.6 Å². The summed E-state index contributed by atoms with van der Waals surface area (Å²) >= 11 is 0. The number of nitrogens with two attached hydrogens (primary N) is 2. The Morgan fingerprint density at radius 2 is 1.55 bits per heavy atom. The number of benzene rings is 2. The van der Waals surface area contributed by atoms with E-state index in [9.17, 15) is 43.8 Å². The van der Waals surface area contributed by atoms with E-state index >= 15 is 0 Å². The number of aliphatic carboxylic acids is 2. The molecule has 27 nitrogen and oxygen atoms in total. The fraction of sp³-hybridized carbons (Fsp3) is 0.491. The molecule has 1 aliphatic heterocycles. The maximum Gasteiger partial charge on any atom is 0.407 e. The van der Waals surface area contributed by atoms with Gasteiger partial charge in [0.15, 0.2) is 11.2 Å². The second kappa shape index (κ2) is 32.1. The molecule has 4 heterocycles. The molecule has 4 amide bonds. The van der Waals surface area contributed by atoms with E-state index in [0.717, 1.165) is 41.5 Å². The molecule has 0 fully saturated rings. The number of rotatable bonds is 36. The Labute approximate surface area is 480 Å². The smallest absolute Gasteiger partial charge is 0.407 e. The number of amides is 4. The molecule has 29 heteroatoms. The van der Waals surface area contributed by atoms with E-state index in [-0.39, 0.29) is 119 Å². The molecule has 1 aliphatic rings. The Morgan fingerprint density at radius 1 is 0.829 bits per heavy atom. The minimum absolute atomic E-state index is 0.0303. The zero-order chi connectivity index (χ0) is 59.0. The first kappa shape index (κ1) is 63.5. The Hall–Kier alpha value is -7.73. The number of carbonyl (C=O) groups is 6. The zero-order valence-electron chi connectivity index (χ0n) is 46.0. The first-order chi connectivity index (χ1) is 39.4. The molecule has 5 aromatic rings. The number of alkyl carbamates (subject to hydrolysis) is 1. The summed E-state index contributed by atoms with van der Waals surface area (Å²) in [5.41, 5.74) is 15.2. The summed E-state index contributed by atoms with van der Waals surface area (Å²) < 4.78 is 21.8. The van der Waals surface area contributed by atoms with Crippen molar-refractivity contribution in [3.05, 3.63) is 76.3 Å². The van der Waals surface area contributed by atoms with Gasteiger partial charge in [-0.1, -0.05) is 67.0 Å². The molecule has 6 rings (SSSR count). The van der Waals surface area contributed by atoms with E-state index in [1.807, 2.05) is 24.3 Å². The van der Waals surface area contributed by atoms with Gasteiger partial charge in [0, 0.05) is 60.6 Å². The van der Waals surface area contributed by atoms with Gasteiger partial charge in [0.05, 0.1) is 75.4 Å². The largest absolute Gasteiger partial charge is 0.480 e. The second-order valence-corrected chi connectivity index (χ2v) is 22.3. The number of H-pyrrole nitrogens is 1. The average molecular weight is 1180 g/mol. The fourth-order valence-electron chi connectivity index (χ4n) is 8.35. The maximum atomic E-state index is 12.9. The lowest BCUT2D eigenvalue weighted by molar-refractivity contribution is -0.141. The van der Waals surface area contributed by atoms with Crippen LogP contribution in [0.25, 0.3) is 22.1 Å². The number of hydrogen-bond acceptors (Lipinski definition) is 22. The van der Waals surface area contributed by atoms with Crippen molar-refractivity contribution in [2.75, 3.05) is 104 Å². The Balaban J connectivity index is 0.740. The van der Waals surface area contributed by atoms with E-state index in [1.165, 1.54) is 39.9 Å². The van der Waals surface area contributed by atoms with Crippen molar-refractivity contribution in [2.45, 2.75) is 84.1 Å². The summed E-state index contributed by atoms with van der Waals surface area (Å²) in [5.74, 6) is -3.16. The van der Waals surface area contributed by atoms with Crippen LogP contribution >= 0.6 is 21.6 Å². The number of carboxylic acid groups (broad SMARTS) is 2. The predicted octanol–water partition coefficient (Wildman–Crippen LogP) is 3.71. The highest BCUT2D eigenvalue weighted by atomic mass is 33.1. The lowest BCUT2D eigenvalue weighted by Gasteiger charge is -2.35. The molecular weight excluding hydrogens is 1100 g/mol. The quantitative estimate of drug-likeness (QED) is 0.0201. The number of anilines is 5. The molecule has 13 N–H and O–H groups in total. The van der Waals surface area contributed by atoms with Gasteiger partial charge >= 0.3 is 18.0 Å². The highest BCUT2D eigenvalue weighted by molar-refractivity contribution is 8.76. The van der Waals surface area contributed by atoms with Crippen LogP contribution in [0.3, 0.4) is 0 Å². The standard InChI is InChI=1S/C53H72N14O13S2/c1-4-5-10-39-64-42-44(35-8-6-7-9-36(35)62-45(42)54)67(39)31-53(2,3)30-59-52(76)80-25-26-81-82-29-38(50(74)75)61-41(69)17-19-77-21-23-79-24-22-78-20-18-56-40(68)16-15-37(49(72)73)63-47(70)32-11-13-33(14-12-32)57-27-34-28-58-46-43(60-34)48(71)66-51(55)65-46/h6-9,11-14,28,37-39,57,64H,4-5,10,15-27,29-31H2,1-3H3,(H2,54,62)(H,56,68)(H,59,76)(H,61,69)(H,63,70)(H,72,73)(H,74,75)(H3,55,58,65,66,71). The number of aromatic amines is 1. The minimum Gasteiger partial charge on any atom is -0.480 e. The van der Waals surface area contributed by atoms with Crippen molar-refractivity contribution in [1.82, 2.24) is 46.2 Å². The number of para-hydroxylation sites is 1. The van der Waals surface area contributed by atoms with Crippen LogP contribution in [0, 0.1) is 5.41 Å². The van der Waals surface area contributed by atoms with Gasteiger partial charge in [-0.2, -0.15) is 4.98 Å². The minimum atomic E-state index is -1.32. The number of carboxylic acids is 2. The maximum absolute atomic E-state index is 12.9. The van der Waals surface area contributed by atoms with E-state index in [4.69, 9.17) is 30.4 Å². The van der Waals surface area contributed by atoms with Gasteiger partial charge in [-0.15, -0.1) is 0 Å². The summed E-state index contributed by atoms with van der Waals surface area (Å²) in [6, 6.07) is 11.7. The van der Waals surface area contributed by atoms with Crippen LogP contribution < -0.4 is 53.8 Å². The number of nitrogen functional groups attached to an aromatic ring is 2. The molecule has 3 unspecified atom stereocenters. The molecule has 444 valence electrons. The molecular formula is C53H72N14O13S2. The van der Waals surface area contributed by atoms with E-state index in [1.54, 1.807) is 12.1 Å². The van der Waals surface area contributed by atoms with Gasteiger partial charge in [0.2, 0.25) is 17.8 Å². The third kappa shape index (κ3) is 20.1. The number of nitrogens with zero attached hydrogens (tertiary/aromatic N) is 5. The van der Waals surface area contributed by atoms with Gasteiger partial charge < -0.3 is 77.4 Å². The monoisotopic (exact) mass is 1180 g/mol. The predicted molar refractivity (Wildman–Crippen MR) is 312 cm³/mol. The number of hydrogen-bond donors (Lipinski definition) is 11. The van der Waals surface area contributed by atoms with Crippen molar-refractivity contribution in [3.63, 3.8) is 0 Å². The van der Waals surface area contributed by atoms with Crippen LogP contribution in [0.2, 0.25) is 0 Å². The van der Waals surface area contributed by atoms with Gasteiger partial charge in [0.1, 0.15) is 30.2 Å². The highest BCUT2D eigenvalue weighted by Gasteiger charge is 2.36. The first-order valence-corrected chi connectivity index (χ1v) is 29.2. The van der Waals surface area contributed by atoms with Gasteiger partial charge in [-0.25, -0.2) is 29.3 Å². The molecule has 3 atom stereocenters. The SMILES string of the molecule is CCCCC1Nc2c(N)nc3ccccc3c2N1CC(C)(C)CNC(=O)OCCSSCC(NC(=O)CCOCCOCCOCCNC(=O)CCC(NC(=O)c1ccc(NCc2cnc3nc(N)[nH]c(=O)c3n2)cc1)C(=O)O)C(=O)O. The van der Waals surface area contributed by atoms with E-state index in [2.05, 4.69) is 82.5 Å². The molecule has 3 aromatic heterocycles. The van der Waals surface area contributed by atoms with Gasteiger partial charge in [-0.05, 0) is 55.0 Å². The number of carbonyl (C=O) groups excluding carboxylic acids is 4. The van der Waals surface area contributed by atoms with Crippen molar-refractivity contribution in [1.29, 1.82) is 0 Å². The Morgan fingerprint density at radius 3 is 2.28 bits per heavy atom. The summed E-state index contributed by atoms with van der Waals surface area (Å²) in [4.78, 5) is 108. The summed E-state index contributed by atoms with van der Waals surface area (Å²) in [5, 5.41) is 37.6. The molecule has 0 radical (unpaired) electrons. The van der Waals surface area contributed by atoms with Crippen LogP contribution in [0.1, 0.15) is 75.3 Å². The van der Waals surface area contributed by atoms with Crippen LogP contribution in [0.5, 0.6) is 0 Å². The number of aromatic nitrogens is 5. The van der Waals surface area contributed by atoms with Crippen LogP contribution in [-0.4, -0.2) is 167 Å². The highest BCUT2D eigenvalue weighted by Crippen LogP contribution is 2.45. The number of ether oxygens (including phenoxy) is 4. The Bertz CT molecular complexity index is 3030. The third-order valence-electron chi connectivity index (χ3n) is 12.5. The van der Waals surface area contributed by atoms with Crippen molar-refractivity contribution < 1.29 is 57.9 Å². The topological polar surface area (TPSA) is 392 Å². The summed E-state index contributed by atoms with van der Waals surface area (Å²) in [6.07, 6.45) is 3.54. The lowest BCUT2D eigenvalue weighted by Crippen LogP contribution is -2.46. The number of pyridine rings is 1. The molecule has 0 saturated heterocycles. The first-order valence-electron chi connectivity index (χ1n) is 26.7. The van der Waals surface area contributed by atoms with E-state index in [0.29, 0.717) is 36.0 Å². The average Bonchev–Trinajstić information content (AvgIpc) is 3.81. The fourth-order valence-corrected chi connectivity index (χ4v) is 10.3. The van der Waals surface area contributed by atoms with E-state index < -0.39 is 53.4 Å². The third-order valence-corrected chi connectivity index (χ3v) is 14.9. The molecule has 0 bridgehead atoms. The second-order valence-electron chi connectivity index (χ2n) is 19.6. The zero-order valence-corrected chi connectivity index (χ0v) is 47.6. The summed E-state index contributed by atoms with van der Waals surface area (Å²) in [6.45, 7) is 8.81. The molecule has 82 heavy (non-hydrogen) atoms. The van der Waals surface area contributed by atoms with Crippen LogP contribution in [-0.2, 0) is 44.7 Å². The van der Waals surface area contributed by atoms with Gasteiger partial charge in [-0.3, -0.25) is 24.2 Å². The van der Waals surface area contributed by atoms with Crippen molar-refractivity contribution in [3.8, 4) is 0 Å². The van der Waals surface area contributed by atoms with Gasteiger partial charge in [0.25, 0.3) is 11.5 Å². The number of nitrogens with one attached hydrogen (secondary N) is 7. The van der Waals surface area contributed by atoms with Crippen molar-refractivity contribution >= 4 is 108 Å². The van der Waals surface area contributed by atoms with Crippen molar-refractivity contribution in [2.24, 2.45) is 5.41 Å². The number of fused-ring (bicyclic) bond motifs is 4. The molecule has 0 aliphatic carbocycles. The van der Waals surface area contributed by atoms with Crippen LogP contribution in [0.15, 0.2) is 59.5 Å². The number of unbranched alkanes of at least 4 members (excludes halogenated alkanes) is 1.